The van der Waals surface area contributed by atoms with Crippen LogP contribution < -0.4 is 0 Å². The van der Waals surface area contributed by atoms with Gasteiger partial charge in [0.05, 0.1) is 0 Å². The molecule has 152 valence electrons. The fraction of sp³-hybridized carbons (Fsp3) is 0.760. The van der Waals surface area contributed by atoms with Gasteiger partial charge in [-0.25, -0.2) is 8.78 Å². The standard InChI is InChI=1S/C25H38F2/c1-3-5-6-7-18-8-10-20(11-9-18)21-12-14-22(15-13-21)24-19(4-2)16-17-23(26)25(24)27/h16-18,20-22H,3-15H2,1-2H3. The van der Waals surface area contributed by atoms with Crippen molar-refractivity contribution in [3.8, 4) is 0 Å². The first kappa shape index (κ1) is 20.8. The van der Waals surface area contributed by atoms with E-state index in [-0.39, 0.29) is 5.92 Å². The summed E-state index contributed by atoms with van der Waals surface area (Å²) >= 11 is 0. The number of hydrogen-bond donors (Lipinski definition) is 0. The van der Waals surface area contributed by atoms with Gasteiger partial charge in [0.25, 0.3) is 0 Å². The Kier molecular flexibility index (Phi) is 7.73. The van der Waals surface area contributed by atoms with Crippen molar-refractivity contribution in [2.24, 2.45) is 17.8 Å². The Hall–Kier alpha value is -0.920. The summed E-state index contributed by atoms with van der Waals surface area (Å²) in [4.78, 5) is 0. The Morgan fingerprint density at radius 2 is 1.44 bits per heavy atom. The summed E-state index contributed by atoms with van der Waals surface area (Å²) in [6.07, 6.45) is 16.5. The highest BCUT2D eigenvalue weighted by atomic mass is 19.2. The highest BCUT2D eigenvalue weighted by Gasteiger charge is 2.32. The lowest BCUT2D eigenvalue weighted by molar-refractivity contribution is 0.155. The molecule has 0 radical (unpaired) electrons. The summed E-state index contributed by atoms with van der Waals surface area (Å²) < 4.78 is 28.3. The van der Waals surface area contributed by atoms with Crippen molar-refractivity contribution in [2.45, 2.75) is 103 Å². The van der Waals surface area contributed by atoms with E-state index in [9.17, 15) is 8.78 Å². The zero-order valence-corrected chi connectivity index (χ0v) is 17.4. The normalized spacial score (nSPS) is 29.0. The molecule has 3 rings (SSSR count). The summed E-state index contributed by atoms with van der Waals surface area (Å²) in [5, 5.41) is 0. The number of benzene rings is 1. The number of unbranched alkanes of at least 4 members (excludes halogenated alkanes) is 2. The van der Waals surface area contributed by atoms with Crippen LogP contribution in [0.5, 0.6) is 0 Å². The number of hydrogen-bond acceptors (Lipinski definition) is 0. The number of halogens is 2. The van der Waals surface area contributed by atoms with E-state index in [1.807, 2.05) is 6.92 Å². The maximum atomic E-state index is 14.5. The second-order valence-corrected chi connectivity index (χ2v) is 9.18. The predicted octanol–water partition coefficient (Wildman–Crippen LogP) is 8.19. The number of rotatable bonds is 7. The topological polar surface area (TPSA) is 0 Å². The van der Waals surface area contributed by atoms with Crippen molar-refractivity contribution in [3.05, 3.63) is 34.9 Å². The van der Waals surface area contributed by atoms with Gasteiger partial charge in [0.1, 0.15) is 0 Å². The van der Waals surface area contributed by atoms with Gasteiger partial charge in [-0.05, 0) is 85.8 Å². The smallest absolute Gasteiger partial charge is 0.162 e. The summed E-state index contributed by atoms with van der Waals surface area (Å²) in [7, 11) is 0. The van der Waals surface area contributed by atoms with E-state index in [2.05, 4.69) is 6.92 Å². The fourth-order valence-electron chi connectivity index (χ4n) is 5.87. The summed E-state index contributed by atoms with van der Waals surface area (Å²) in [6, 6.07) is 3.09. The maximum absolute atomic E-state index is 14.5. The number of aryl methyl sites for hydroxylation is 1. The van der Waals surface area contributed by atoms with E-state index in [0.717, 1.165) is 42.6 Å². The monoisotopic (exact) mass is 376 g/mol. The highest BCUT2D eigenvalue weighted by Crippen LogP contribution is 2.45. The quantitative estimate of drug-likeness (QED) is 0.421. The van der Waals surface area contributed by atoms with Gasteiger partial charge in [-0.15, -0.1) is 0 Å². The molecule has 2 aliphatic rings. The average molecular weight is 377 g/mol. The molecule has 2 heteroatoms. The van der Waals surface area contributed by atoms with Crippen LogP contribution in [0.15, 0.2) is 12.1 Å². The minimum absolute atomic E-state index is 0.220. The molecule has 0 atom stereocenters. The van der Waals surface area contributed by atoms with Crippen molar-refractivity contribution in [1.82, 2.24) is 0 Å². The highest BCUT2D eigenvalue weighted by molar-refractivity contribution is 5.33. The first-order valence-electron chi connectivity index (χ1n) is 11.6. The lowest BCUT2D eigenvalue weighted by Gasteiger charge is -2.38. The molecular formula is C25H38F2. The molecule has 0 nitrogen and oxygen atoms in total. The molecule has 2 aliphatic carbocycles. The molecular weight excluding hydrogens is 338 g/mol. The van der Waals surface area contributed by atoms with Gasteiger partial charge in [0, 0.05) is 0 Å². The van der Waals surface area contributed by atoms with Crippen molar-refractivity contribution >= 4 is 0 Å². The third-order valence-corrected chi connectivity index (χ3v) is 7.56. The van der Waals surface area contributed by atoms with Gasteiger partial charge in [-0.1, -0.05) is 58.4 Å². The zero-order valence-electron chi connectivity index (χ0n) is 17.4. The Balaban J connectivity index is 1.51. The van der Waals surface area contributed by atoms with Crippen LogP contribution in [0.4, 0.5) is 8.78 Å². The summed E-state index contributed by atoms with van der Waals surface area (Å²) in [6.45, 7) is 4.33. The minimum atomic E-state index is -0.675. The lowest BCUT2D eigenvalue weighted by atomic mass is 9.67. The van der Waals surface area contributed by atoms with Crippen LogP contribution in [0.1, 0.15) is 108 Å². The van der Waals surface area contributed by atoms with Crippen LogP contribution in [0, 0.1) is 29.4 Å². The van der Waals surface area contributed by atoms with E-state index in [1.54, 1.807) is 6.07 Å². The Labute approximate surface area is 165 Å². The van der Waals surface area contributed by atoms with E-state index < -0.39 is 11.6 Å². The van der Waals surface area contributed by atoms with E-state index in [1.165, 1.54) is 70.3 Å². The molecule has 0 spiro atoms. The van der Waals surface area contributed by atoms with Crippen LogP contribution >= 0.6 is 0 Å². The molecule has 2 saturated carbocycles. The van der Waals surface area contributed by atoms with Crippen molar-refractivity contribution in [3.63, 3.8) is 0 Å². The van der Waals surface area contributed by atoms with Gasteiger partial charge in [-0.2, -0.15) is 0 Å². The van der Waals surface area contributed by atoms with Crippen LogP contribution in [-0.2, 0) is 6.42 Å². The Morgan fingerprint density at radius 3 is 2.04 bits per heavy atom. The molecule has 0 amide bonds. The first-order chi connectivity index (χ1) is 13.1. The van der Waals surface area contributed by atoms with Crippen LogP contribution in [0.3, 0.4) is 0 Å². The Morgan fingerprint density at radius 1 is 0.815 bits per heavy atom. The second kappa shape index (κ2) is 10.0. The van der Waals surface area contributed by atoms with Gasteiger partial charge < -0.3 is 0 Å². The first-order valence-corrected chi connectivity index (χ1v) is 11.6. The van der Waals surface area contributed by atoms with Crippen molar-refractivity contribution in [2.75, 3.05) is 0 Å². The minimum Gasteiger partial charge on any atom is -0.204 e. The van der Waals surface area contributed by atoms with Crippen molar-refractivity contribution in [1.29, 1.82) is 0 Å². The molecule has 0 aliphatic heterocycles. The summed E-state index contributed by atoms with van der Waals surface area (Å²) in [5.41, 5.74) is 1.69. The van der Waals surface area contributed by atoms with Gasteiger partial charge >= 0.3 is 0 Å². The molecule has 0 heterocycles. The average Bonchev–Trinajstić information content (AvgIpc) is 2.71. The molecule has 0 N–H and O–H groups in total. The molecule has 0 unspecified atom stereocenters. The van der Waals surface area contributed by atoms with Crippen molar-refractivity contribution < 1.29 is 8.78 Å². The SMILES string of the molecule is CCCCCC1CCC(C2CCC(c3c(CC)ccc(F)c3F)CC2)CC1. The molecule has 0 bridgehead atoms. The van der Waals surface area contributed by atoms with Gasteiger partial charge in [0.2, 0.25) is 0 Å². The third-order valence-electron chi connectivity index (χ3n) is 7.56. The van der Waals surface area contributed by atoms with Gasteiger partial charge in [-0.3, -0.25) is 0 Å². The molecule has 0 aromatic heterocycles. The second-order valence-electron chi connectivity index (χ2n) is 9.18. The third kappa shape index (κ3) is 5.12. The van der Waals surface area contributed by atoms with Gasteiger partial charge in [0.15, 0.2) is 11.6 Å². The molecule has 2 fully saturated rings. The molecule has 1 aromatic carbocycles. The van der Waals surface area contributed by atoms with E-state index in [4.69, 9.17) is 0 Å². The molecule has 1 aromatic rings. The Bertz CT molecular complexity index is 578. The fourth-order valence-corrected chi connectivity index (χ4v) is 5.87. The summed E-state index contributed by atoms with van der Waals surface area (Å²) in [5.74, 6) is 1.64. The zero-order chi connectivity index (χ0) is 19.2. The molecule has 0 saturated heterocycles. The van der Waals surface area contributed by atoms with Crippen LogP contribution in [0.25, 0.3) is 0 Å². The lowest BCUT2D eigenvalue weighted by Crippen LogP contribution is -2.26. The largest absolute Gasteiger partial charge is 0.204 e. The molecule has 27 heavy (non-hydrogen) atoms. The maximum Gasteiger partial charge on any atom is 0.162 e. The van der Waals surface area contributed by atoms with E-state index >= 15 is 0 Å². The van der Waals surface area contributed by atoms with Crippen LogP contribution in [-0.4, -0.2) is 0 Å². The predicted molar refractivity (Wildman–Crippen MR) is 110 cm³/mol. The van der Waals surface area contributed by atoms with E-state index in [0.29, 0.717) is 5.56 Å². The van der Waals surface area contributed by atoms with Crippen LogP contribution in [0.2, 0.25) is 0 Å².